The summed E-state index contributed by atoms with van der Waals surface area (Å²) in [6, 6.07) is 5.66. The van der Waals surface area contributed by atoms with E-state index in [-0.39, 0.29) is 18.4 Å². The number of carbonyl (C=O) groups excluding carboxylic acids is 1. The van der Waals surface area contributed by atoms with Gasteiger partial charge in [0.15, 0.2) is 0 Å². The molecule has 1 aliphatic rings. The average Bonchev–Trinajstić information content (AvgIpc) is 2.92. The number of aliphatic hydroxyl groups is 1. The summed E-state index contributed by atoms with van der Waals surface area (Å²) < 4.78 is 0. The molecule has 3 nitrogen and oxygen atoms in total. The van der Waals surface area contributed by atoms with Gasteiger partial charge in [-0.05, 0) is 43.5 Å². The van der Waals surface area contributed by atoms with Crippen molar-refractivity contribution < 1.29 is 9.90 Å². The lowest BCUT2D eigenvalue weighted by molar-refractivity contribution is -0.119. The van der Waals surface area contributed by atoms with Crippen LogP contribution in [0.15, 0.2) is 18.2 Å². The molecule has 0 heterocycles. The van der Waals surface area contributed by atoms with Crippen LogP contribution in [0, 0.1) is 24.7 Å². The number of aliphatic hydroxyl groups excluding tert-OH is 1. The summed E-state index contributed by atoms with van der Waals surface area (Å²) >= 11 is 0. The molecule has 0 aliphatic heterocycles. The van der Waals surface area contributed by atoms with Gasteiger partial charge in [0, 0.05) is 17.2 Å². The minimum Gasteiger partial charge on any atom is -0.384 e. The molecule has 0 atom stereocenters. The van der Waals surface area contributed by atoms with Gasteiger partial charge in [-0.2, -0.15) is 0 Å². The SMILES string of the molecule is Cc1cc(NC(=O)C2CCCC2)ccc1C#CCO. The summed E-state index contributed by atoms with van der Waals surface area (Å²) in [7, 11) is 0. The molecular weight excluding hydrogens is 238 g/mol. The molecule has 1 aromatic rings. The lowest BCUT2D eigenvalue weighted by Crippen LogP contribution is -2.20. The highest BCUT2D eigenvalue weighted by Gasteiger charge is 2.22. The lowest BCUT2D eigenvalue weighted by atomic mass is 10.1. The number of rotatable bonds is 2. The summed E-state index contributed by atoms with van der Waals surface area (Å²) in [6.07, 6.45) is 4.33. The van der Waals surface area contributed by atoms with E-state index in [9.17, 15) is 4.79 Å². The van der Waals surface area contributed by atoms with Crippen LogP contribution in [0.5, 0.6) is 0 Å². The van der Waals surface area contributed by atoms with E-state index < -0.39 is 0 Å². The van der Waals surface area contributed by atoms with E-state index in [2.05, 4.69) is 17.2 Å². The predicted molar refractivity (Wildman–Crippen MR) is 75.7 cm³/mol. The molecule has 0 bridgehead atoms. The zero-order chi connectivity index (χ0) is 13.7. The van der Waals surface area contributed by atoms with Gasteiger partial charge in [-0.1, -0.05) is 24.7 Å². The standard InChI is InChI=1S/C16H19NO2/c1-12-11-15(9-8-13(12)7-4-10-18)17-16(19)14-5-2-3-6-14/h8-9,11,14,18H,2-3,5-6,10H2,1H3,(H,17,19). The number of hydrogen-bond acceptors (Lipinski definition) is 2. The van der Waals surface area contributed by atoms with Crippen molar-refractivity contribution in [2.24, 2.45) is 5.92 Å². The molecule has 0 saturated heterocycles. The van der Waals surface area contributed by atoms with E-state index >= 15 is 0 Å². The van der Waals surface area contributed by atoms with Crippen molar-refractivity contribution in [3.8, 4) is 11.8 Å². The first-order valence-electron chi connectivity index (χ1n) is 6.72. The molecule has 1 aromatic carbocycles. The van der Waals surface area contributed by atoms with Gasteiger partial charge < -0.3 is 10.4 Å². The molecule has 2 N–H and O–H groups in total. The Morgan fingerprint density at radius 2 is 2.16 bits per heavy atom. The van der Waals surface area contributed by atoms with Crippen molar-refractivity contribution in [1.29, 1.82) is 0 Å². The number of amides is 1. The van der Waals surface area contributed by atoms with Crippen LogP contribution in [0.2, 0.25) is 0 Å². The fourth-order valence-corrected chi connectivity index (χ4v) is 2.45. The molecule has 0 radical (unpaired) electrons. The largest absolute Gasteiger partial charge is 0.384 e. The summed E-state index contributed by atoms with van der Waals surface area (Å²) in [5.74, 6) is 5.82. The first-order valence-corrected chi connectivity index (χ1v) is 6.72. The Labute approximate surface area is 114 Å². The first kappa shape index (κ1) is 13.6. The topological polar surface area (TPSA) is 49.3 Å². The third-order valence-corrected chi connectivity index (χ3v) is 3.52. The Morgan fingerprint density at radius 1 is 1.42 bits per heavy atom. The van der Waals surface area contributed by atoms with Crippen molar-refractivity contribution in [2.75, 3.05) is 11.9 Å². The number of nitrogens with one attached hydrogen (secondary N) is 1. The van der Waals surface area contributed by atoms with Crippen LogP contribution in [0.25, 0.3) is 0 Å². The fraction of sp³-hybridized carbons (Fsp3) is 0.438. The Hall–Kier alpha value is -1.79. The van der Waals surface area contributed by atoms with Crippen LogP contribution in [-0.2, 0) is 4.79 Å². The zero-order valence-electron chi connectivity index (χ0n) is 11.2. The average molecular weight is 257 g/mol. The van der Waals surface area contributed by atoms with Crippen molar-refractivity contribution in [2.45, 2.75) is 32.6 Å². The normalized spacial score (nSPS) is 14.8. The maximum absolute atomic E-state index is 12.0. The van der Waals surface area contributed by atoms with E-state index in [1.54, 1.807) is 0 Å². The van der Waals surface area contributed by atoms with Crippen molar-refractivity contribution in [1.82, 2.24) is 0 Å². The first-order chi connectivity index (χ1) is 9.20. The summed E-state index contributed by atoms with van der Waals surface area (Å²) in [5.41, 5.74) is 2.71. The Morgan fingerprint density at radius 3 is 2.79 bits per heavy atom. The molecule has 1 saturated carbocycles. The van der Waals surface area contributed by atoms with Gasteiger partial charge in [0.25, 0.3) is 0 Å². The molecule has 1 amide bonds. The highest BCUT2D eigenvalue weighted by atomic mass is 16.2. The predicted octanol–water partition coefficient (Wildman–Crippen LogP) is 2.47. The van der Waals surface area contributed by atoms with Crippen LogP contribution in [-0.4, -0.2) is 17.6 Å². The lowest BCUT2D eigenvalue weighted by Gasteiger charge is -2.11. The van der Waals surface area contributed by atoms with Crippen LogP contribution in [0.3, 0.4) is 0 Å². The minimum atomic E-state index is -0.139. The molecule has 0 aromatic heterocycles. The van der Waals surface area contributed by atoms with Gasteiger partial charge >= 0.3 is 0 Å². The van der Waals surface area contributed by atoms with Crippen molar-refractivity contribution >= 4 is 11.6 Å². The number of benzene rings is 1. The molecule has 2 rings (SSSR count). The van der Waals surface area contributed by atoms with E-state index in [1.807, 2.05) is 25.1 Å². The number of anilines is 1. The van der Waals surface area contributed by atoms with Gasteiger partial charge in [-0.15, -0.1) is 0 Å². The van der Waals surface area contributed by atoms with Gasteiger partial charge in [0.1, 0.15) is 6.61 Å². The number of hydrogen-bond donors (Lipinski definition) is 2. The summed E-state index contributed by atoms with van der Waals surface area (Å²) in [6.45, 7) is 1.81. The highest BCUT2D eigenvalue weighted by molar-refractivity contribution is 5.92. The second-order valence-electron chi connectivity index (χ2n) is 4.96. The second kappa shape index (κ2) is 6.40. The maximum atomic E-state index is 12.0. The second-order valence-corrected chi connectivity index (χ2v) is 4.96. The third-order valence-electron chi connectivity index (χ3n) is 3.52. The highest BCUT2D eigenvalue weighted by Crippen LogP contribution is 2.26. The van der Waals surface area contributed by atoms with Crippen molar-refractivity contribution in [3.63, 3.8) is 0 Å². The molecular formula is C16H19NO2. The molecule has 1 aliphatic carbocycles. The van der Waals surface area contributed by atoms with Gasteiger partial charge in [-0.25, -0.2) is 0 Å². The van der Waals surface area contributed by atoms with E-state index in [0.717, 1.165) is 42.5 Å². The van der Waals surface area contributed by atoms with Crippen LogP contribution >= 0.6 is 0 Å². The fourth-order valence-electron chi connectivity index (χ4n) is 2.45. The van der Waals surface area contributed by atoms with E-state index in [1.165, 1.54) is 0 Å². The quantitative estimate of drug-likeness (QED) is 0.800. The Balaban J connectivity index is 2.05. The van der Waals surface area contributed by atoms with Crippen LogP contribution < -0.4 is 5.32 Å². The molecule has 100 valence electrons. The molecule has 0 spiro atoms. The van der Waals surface area contributed by atoms with Gasteiger partial charge in [-0.3, -0.25) is 4.79 Å². The molecule has 0 unspecified atom stereocenters. The summed E-state index contributed by atoms with van der Waals surface area (Å²) in [5, 5.41) is 11.7. The van der Waals surface area contributed by atoms with E-state index in [0.29, 0.717) is 0 Å². The zero-order valence-corrected chi connectivity index (χ0v) is 11.2. The minimum absolute atomic E-state index is 0.131. The Kier molecular flexibility index (Phi) is 4.59. The number of aryl methyl sites for hydroxylation is 1. The molecule has 1 fully saturated rings. The maximum Gasteiger partial charge on any atom is 0.227 e. The summed E-state index contributed by atoms with van der Waals surface area (Å²) in [4.78, 5) is 12.0. The van der Waals surface area contributed by atoms with Crippen LogP contribution in [0.1, 0.15) is 36.8 Å². The Bertz CT molecular complexity index is 519. The third kappa shape index (κ3) is 3.59. The van der Waals surface area contributed by atoms with Crippen LogP contribution in [0.4, 0.5) is 5.69 Å². The van der Waals surface area contributed by atoms with Gasteiger partial charge in [0.2, 0.25) is 5.91 Å². The molecule has 3 heteroatoms. The smallest absolute Gasteiger partial charge is 0.227 e. The van der Waals surface area contributed by atoms with Gasteiger partial charge in [0.05, 0.1) is 0 Å². The molecule has 19 heavy (non-hydrogen) atoms. The van der Waals surface area contributed by atoms with E-state index in [4.69, 9.17) is 5.11 Å². The van der Waals surface area contributed by atoms with Crippen molar-refractivity contribution in [3.05, 3.63) is 29.3 Å². The number of carbonyl (C=O) groups is 1. The monoisotopic (exact) mass is 257 g/mol.